The fourth-order valence-corrected chi connectivity index (χ4v) is 3.47. The number of hydrogen-bond donors (Lipinski definition) is 2. The fraction of sp³-hybridized carbons (Fsp3) is 0.462. The second kappa shape index (κ2) is 14.6. The summed E-state index contributed by atoms with van der Waals surface area (Å²) in [7, 11) is 6.78. The van der Waals surface area contributed by atoms with Gasteiger partial charge in [0.15, 0.2) is 0 Å². The zero-order valence-corrected chi connectivity index (χ0v) is 21.9. The molecule has 1 aromatic rings. The highest BCUT2D eigenvalue weighted by Crippen LogP contribution is 2.29. The first kappa shape index (κ1) is 30.3. The van der Waals surface area contributed by atoms with Crippen LogP contribution in [0.3, 0.4) is 0 Å². The highest BCUT2D eigenvalue weighted by atomic mass is 19.1. The first-order valence-electron chi connectivity index (χ1n) is 11.5. The van der Waals surface area contributed by atoms with Gasteiger partial charge in [0.1, 0.15) is 22.8 Å². The molecule has 0 aliphatic heterocycles. The van der Waals surface area contributed by atoms with E-state index in [1.807, 2.05) is 27.1 Å². The lowest BCUT2D eigenvalue weighted by Gasteiger charge is -2.31. The minimum Gasteiger partial charge on any atom is -0.358 e. The van der Waals surface area contributed by atoms with Crippen LogP contribution in [0.5, 0.6) is 0 Å². The summed E-state index contributed by atoms with van der Waals surface area (Å²) in [6, 6.07) is 3.11. The van der Waals surface area contributed by atoms with E-state index in [1.165, 1.54) is 13.1 Å². The van der Waals surface area contributed by atoms with Crippen LogP contribution in [-0.2, 0) is 16.1 Å². The van der Waals surface area contributed by atoms with Crippen LogP contribution in [0.2, 0.25) is 0 Å². The van der Waals surface area contributed by atoms with Gasteiger partial charge in [-0.1, -0.05) is 24.1 Å². The number of hydrazone groups is 2. The van der Waals surface area contributed by atoms with E-state index >= 15 is 0 Å². The molecule has 10 heteroatoms. The lowest BCUT2D eigenvalue weighted by Crippen LogP contribution is -2.51. The van der Waals surface area contributed by atoms with Crippen molar-refractivity contribution in [1.29, 1.82) is 0 Å². The van der Waals surface area contributed by atoms with Gasteiger partial charge in [0.2, 0.25) is 11.8 Å². The molecule has 0 heterocycles. The van der Waals surface area contributed by atoms with Crippen molar-refractivity contribution >= 4 is 23.2 Å². The maximum absolute atomic E-state index is 14.1. The molecule has 0 bridgehead atoms. The van der Waals surface area contributed by atoms with Crippen LogP contribution in [-0.4, -0.2) is 68.0 Å². The summed E-state index contributed by atoms with van der Waals surface area (Å²) >= 11 is 0. The fourth-order valence-electron chi connectivity index (χ4n) is 3.47. The molecule has 0 fully saturated rings. The molecule has 0 aliphatic carbocycles. The second-order valence-electron chi connectivity index (χ2n) is 8.60. The van der Waals surface area contributed by atoms with Gasteiger partial charge < -0.3 is 15.6 Å². The molecule has 1 atom stereocenters. The standard InChI is InChI=1S/C26H36F2N6O2/c1-8-19(2)32-34(7)16-15-26(24(35)29-4,14-10-9-11-20(3)31-33(5)6)25(36)30-18-21-12-13-22(27)17-23(21)28/h1,9-10,12-13,17H,11,14-16,18H2,2-7H3,(H,29,35)(H,30,36)/b10-9+,31-20-,32-19-. The van der Waals surface area contributed by atoms with E-state index in [0.29, 0.717) is 12.1 Å². The third-order valence-electron chi connectivity index (χ3n) is 5.36. The molecule has 36 heavy (non-hydrogen) atoms. The van der Waals surface area contributed by atoms with Crippen molar-refractivity contribution in [2.45, 2.75) is 39.7 Å². The first-order chi connectivity index (χ1) is 16.9. The average Bonchev–Trinajstić information content (AvgIpc) is 2.81. The number of halogens is 2. The van der Waals surface area contributed by atoms with Crippen molar-refractivity contribution in [3.63, 3.8) is 0 Å². The molecule has 1 rings (SSSR count). The molecule has 196 valence electrons. The van der Waals surface area contributed by atoms with Gasteiger partial charge in [0.25, 0.3) is 0 Å². The lowest BCUT2D eigenvalue weighted by molar-refractivity contribution is -0.144. The average molecular weight is 503 g/mol. The topological polar surface area (TPSA) is 89.4 Å². The molecule has 2 amide bonds. The Kier molecular flexibility index (Phi) is 12.3. The molecule has 8 nitrogen and oxygen atoms in total. The number of terminal acetylenes is 1. The number of benzene rings is 1. The Balaban J connectivity index is 3.22. The summed E-state index contributed by atoms with van der Waals surface area (Å²) in [4.78, 5) is 26.6. The van der Waals surface area contributed by atoms with Gasteiger partial charge in [-0.15, -0.1) is 6.42 Å². The summed E-state index contributed by atoms with van der Waals surface area (Å²) in [6.07, 6.45) is 9.70. The van der Waals surface area contributed by atoms with Gasteiger partial charge in [-0.05, 0) is 32.8 Å². The zero-order chi connectivity index (χ0) is 27.3. The van der Waals surface area contributed by atoms with Crippen LogP contribution >= 0.6 is 0 Å². The van der Waals surface area contributed by atoms with Gasteiger partial charge in [-0.3, -0.25) is 14.6 Å². The van der Waals surface area contributed by atoms with Crippen molar-refractivity contribution < 1.29 is 18.4 Å². The van der Waals surface area contributed by atoms with Gasteiger partial charge >= 0.3 is 0 Å². The Morgan fingerprint density at radius 1 is 1.14 bits per heavy atom. The highest BCUT2D eigenvalue weighted by Gasteiger charge is 2.44. The Morgan fingerprint density at radius 3 is 2.42 bits per heavy atom. The summed E-state index contributed by atoms with van der Waals surface area (Å²) in [5.74, 6) is -0.149. The van der Waals surface area contributed by atoms with E-state index in [1.54, 1.807) is 30.1 Å². The Labute approximate surface area is 212 Å². The van der Waals surface area contributed by atoms with Crippen LogP contribution in [0.1, 0.15) is 38.7 Å². The van der Waals surface area contributed by atoms with Crippen LogP contribution in [0, 0.1) is 29.4 Å². The number of allylic oxidation sites excluding steroid dienone is 2. The summed E-state index contributed by atoms with van der Waals surface area (Å²) in [6.45, 7) is 3.60. The third kappa shape index (κ3) is 9.49. The van der Waals surface area contributed by atoms with Crippen molar-refractivity contribution in [1.82, 2.24) is 20.7 Å². The normalized spacial score (nSPS) is 13.6. The van der Waals surface area contributed by atoms with Crippen LogP contribution in [0.4, 0.5) is 8.78 Å². The van der Waals surface area contributed by atoms with E-state index in [0.717, 1.165) is 17.8 Å². The summed E-state index contributed by atoms with van der Waals surface area (Å²) < 4.78 is 27.4. The van der Waals surface area contributed by atoms with Gasteiger partial charge in [0, 0.05) is 65.0 Å². The Bertz CT molecular complexity index is 1050. The number of rotatable bonds is 13. The quantitative estimate of drug-likeness (QED) is 0.143. The predicted octanol–water partition coefficient (Wildman–Crippen LogP) is 2.92. The molecule has 0 saturated carbocycles. The number of carbonyl (C=O) groups is 2. The molecule has 0 aromatic heterocycles. The molecule has 2 N–H and O–H groups in total. The number of hydrogen-bond acceptors (Lipinski definition) is 6. The molecular weight excluding hydrogens is 466 g/mol. The maximum Gasteiger partial charge on any atom is 0.236 e. The number of nitrogens with zero attached hydrogens (tertiary/aromatic N) is 4. The van der Waals surface area contributed by atoms with Crippen LogP contribution in [0.25, 0.3) is 0 Å². The van der Waals surface area contributed by atoms with E-state index in [4.69, 9.17) is 6.42 Å². The first-order valence-corrected chi connectivity index (χ1v) is 11.5. The number of amides is 2. The largest absolute Gasteiger partial charge is 0.358 e. The van der Waals surface area contributed by atoms with Crippen molar-refractivity contribution in [2.24, 2.45) is 15.6 Å². The number of carbonyl (C=O) groups excluding carboxylic acids is 2. The van der Waals surface area contributed by atoms with Crippen LogP contribution < -0.4 is 10.6 Å². The van der Waals surface area contributed by atoms with Crippen LogP contribution in [0.15, 0.2) is 40.6 Å². The summed E-state index contributed by atoms with van der Waals surface area (Å²) in [5.41, 5.74) is -0.0954. The van der Waals surface area contributed by atoms with E-state index in [2.05, 4.69) is 26.8 Å². The van der Waals surface area contributed by atoms with E-state index in [9.17, 15) is 18.4 Å². The third-order valence-corrected chi connectivity index (χ3v) is 5.36. The maximum atomic E-state index is 14.1. The van der Waals surface area contributed by atoms with Crippen molar-refractivity contribution in [3.8, 4) is 12.3 Å². The van der Waals surface area contributed by atoms with Gasteiger partial charge in [0.05, 0.1) is 0 Å². The Hall–Kier alpha value is -3.74. The smallest absolute Gasteiger partial charge is 0.236 e. The molecule has 0 saturated heterocycles. The van der Waals surface area contributed by atoms with E-state index in [-0.39, 0.29) is 31.5 Å². The number of nitrogens with one attached hydrogen (secondary N) is 2. The van der Waals surface area contributed by atoms with Crippen molar-refractivity contribution in [3.05, 3.63) is 47.5 Å². The second-order valence-corrected chi connectivity index (χ2v) is 8.60. The molecule has 1 unspecified atom stereocenters. The zero-order valence-electron chi connectivity index (χ0n) is 21.9. The van der Waals surface area contributed by atoms with Gasteiger partial charge in [-0.25, -0.2) is 8.78 Å². The lowest BCUT2D eigenvalue weighted by atomic mass is 9.78. The monoisotopic (exact) mass is 502 g/mol. The molecule has 0 radical (unpaired) electrons. The van der Waals surface area contributed by atoms with E-state index < -0.39 is 28.9 Å². The van der Waals surface area contributed by atoms with Crippen molar-refractivity contribution in [2.75, 3.05) is 34.7 Å². The minimum absolute atomic E-state index is 0.0886. The highest BCUT2D eigenvalue weighted by molar-refractivity contribution is 6.05. The SMILES string of the molecule is C#C/C(C)=N\N(C)CCC(C/C=C/C/C(C)=N\N(C)C)(C(=O)NC)C(=O)NCc1ccc(F)cc1F. The summed E-state index contributed by atoms with van der Waals surface area (Å²) in [5, 5.41) is 17.0. The molecule has 0 spiro atoms. The predicted molar refractivity (Wildman–Crippen MR) is 139 cm³/mol. The molecular formula is C26H36F2N6O2. The van der Waals surface area contributed by atoms with Gasteiger partial charge in [-0.2, -0.15) is 10.2 Å². The molecule has 0 aliphatic rings. The Morgan fingerprint density at radius 2 is 1.83 bits per heavy atom. The minimum atomic E-state index is -1.51. The molecule has 1 aromatic carbocycles.